The average Bonchev–Trinajstić information content (AvgIpc) is 3.46. The normalized spacial score (nSPS) is 10.9. The number of benzene rings is 2. The maximum Gasteiger partial charge on any atom is 0.265 e. The average molecular weight is 449 g/mol. The van der Waals surface area contributed by atoms with Crippen LogP contribution in [0.4, 0.5) is 11.4 Å². The van der Waals surface area contributed by atoms with E-state index in [4.69, 9.17) is 16.0 Å². The van der Waals surface area contributed by atoms with Crippen molar-refractivity contribution in [3.8, 4) is 11.3 Å². The summed E-state index contributed by atoms with van der Waals surface area (Å²) in [7, 11) is 0. The molecule has 5 nitrogen and oxygen atoms in total. The molecule has 0 saturated heterocycles. The Morgan fingerprint density at radius 1 is 0.903 bits per heavy atom. The molecule has 7 heteroatoms. The number of amides is 2. The van der Waals surface area contributed by atoms with Gasteiger partial charge in [-0.3, -0.25) is 9.59 Å². The van der Waals surface area contributed by atoms with Crippen LogP contribution in [0.15, 0.2) is 88.7 Å². The summed E-state index contributed by atoms with van der Waals surface area (Å²) in [6, 6.07) is 21.5. The first kappa shape index (κ1) is 20.7. The monoisotopic (exact) mass is 448 g/mol. The van der Waals surface area contributed by atoms with Crippen LogP contribution >= 0.6 is 22.9 Å². The molecule has 0 bridgehead atoms. The molecule has 0 fully saturated rings. The Balaban J connectivity index is 1.37. The molecule has 0 saturated carbocycles. The second-order valence-corrected chi connectivity index (χ2v) is 7.93. The number of hydrogen-bond donors (Lipinski definition) is 2. The molecule has 0 radical (unpaired) electrons. The third kappa shape index (κ3) is 5.51. The van der Waals surface area contributed by atoms with Gasteiger partial charge in [-0.1, -0.05) is 23.7 Å². The SMILES string of the molecule is O=C(C=Cc1ccc(-c2ccc(Cl)cc2)o1)Nc1cccc(NC(=O)c2cccs2)c1. The Kier molecular flexibility index (Phi) is 6.31. The molecule has 4 rings (SSSR count). The summed E-state index contributed by atoms with van der Waals surface area (Å²) in [6.45, 7) is 0. The van der Waals surface area contributed by atoms with Gasteiger partial charge in [-0.05, 0) is 72.1 Å². The molecule has 0 spiro atoms. The van der Waals surface area contributed by atoms with E-state index in [-0.39, 0.29) is 11.8 Å². The zero-order valence-electron chi connectivity index (χ0n) is 16.2. The number of nitrogens with one attached hydrogen (secondary N) is 2. The Morgan fingerprint density at radius 3 is 2.42 bits per heavy atom. The fourth-order valence-electron chi connectivity index (χ4n) is 2.83. The van der Waals surface area contributed by atoms with Crippen molar-refractivity contribution < 1.29 is 14.0 Å². The highest BCUT2D eigenvalue weighted by Crippen LogP contribution is 2.24. The van der Waals surface area contributed by atoms with Crippen LogP contribution in [-0.2, 0) is 4.79 Å². The van der Waals surface area contributed by atoms with E-state index in [0.29, 0.717) is 32.8 Å². The van der Waals surface area contributed by atoms with E-state index >= 15 is 0 Å². The van der Waals surface area contributed by atoms with Crippen LogP contribution in [-0.4, -0.2) is 11.8 Å². The van der Waals surface area contributed by atoms with Crippen LogP contribution in [0.3, 0.4) is 0 Å². The minimum atomic E-state index is -0.314. The molecule has 2 aromatic carbocycles. The minimum Gasteiger partial charge on any atom is -0.457 e. The van der Waals surface area contributed by atoms with Gasteiger partial charge in [0, 0.05) is 28.0 Å². The highest BCUT2D eigenvalue weighted by atomic mass is 35.5. The van der Waals surface area contributed by atoms with Gasteiger partial charge in [-0.25, -0.2) is 0 Å². The van der Waals surface area contributed by atoms with Crippen molar-refractivity contribution >= 4 is 52.2 Å². The fraction of sp³-hybridized carbons (Fsp3) is 0. The summed E-state index contributed by atoms with van der Waals surface area (Å²) in [4.78, 5) is 25.1. The maximum absolute atomic E-state index is 12.3. The van der Waals surface area contributed by atoms with Gasteiger partial charge in [-0.2, -0.15) is 0 Å². The molecule has 31 heavy (non-hydrogen) atoms. The first-order valence-electron chi connectivity index (χ1n) is 9.36. The van der Waals surface area contributed by atoms with Crippen molar-refractivity contribution in [1.29, 1.82) is 0 Å². The van der Waals surface area contributed by atoms with Gasteiger partial charge in [0.2, 0.25) is 5.91 Å². The summed E-state index contributed by atoms with van der Waals surface area (Å²) in [5.41, 5.74) is 2.06. The highest BCUT2D eigenvalue weighted by Gasteiger charge is 2.08. The van der Waals surface area contributed by atoms with Gasteiger partial charge in [-0.15, -0.1) is 11.3 Å². The molecule has 2 aromatic heterocycles. The van der Waals surface area contributed by atoms with Crippen molar-refractivity contribution in [2.24, 2.45) is 0 Å². The fourth-order valence-corrected chi connectivity index (χ4v) is 3.57. The Hall–Kier alpha value is -3.61. The summed E-state index contributed by atoms with van der Waals surface area (Å²) < 4.78 is 5.75. The molecule has 2 amide bonds. The van der Waals surface area contributed by atoms with Gasteiger partial charge in [0.15, 0.2) is 0 Å². The van der Waals surface area contributed by atoms with Gasteiger partial charge in [0.25, 0.3) is 5.91 Å². The van der Waals surface area contributed by atoms with Crippen molar-refractivity contribution in [3.05, 3.63) is 99.9 Å². The lowest BCUT2D eigenvalue weighted by Crippen LogP contribution is -2.11. The number of halogens is 1. The van der Waals surface area contributed by atoms with E-state index in [1.54, 1.807) is 54.6 Å². The summed E-state index contributed by atoms with van der Waals surface area (Å²) in [6.07, 6.45) is 2.98. The van der Waals surface area contributed by atoms with Gasteiger partial charge in [0.05, 0.1) is 4.88 Å². The first-order valence-corrected chi connectivity index (χ1v) is 10.6. The molecule has 2 N–H and O–H groups in total. The van der Waals surface area contributed by atoms with Crippen molar-refractivity contribution in [2.45, 2.75) is 0 Å². The van der Waals surface area contributed by atoms with Crippen LogP contribution in [0.1, 0.15) is 15.4 Å². The zero-order valence-corrected chi connectivity index (χ0v) is 17.7. The third-order valence-electron chi connectivity index (χ3n) is 4.29. The van der Waals surface area contributed by atoms with E-state index in [1.165, 1.54) is 17.4 Å². The highest BCUT2D eigenvalue weighted by molar-refractivity contribution is 7.12. The largest absolute Gasteiger partial charge is 0.457 e. The van der Waals surface area contributed by atoms with Gasteiger partial charge in [0.1, 0.15) is 11.5 Å². The lowest BCUT2D eigenvalue weighted by molar-refractivity contribution is -0.111. The number of hydrogen-bond acceptors (Lipinski definition) is 4. The molecular formula is C24H17ClN2O3S. The van der Waals surface area contributed by atoms with Crippen molar-refractivity contribution in [1.82, 2.24) is 0 Å². The third-order valence-corrected chi connectivity index (χ3v) is 5.41. The van der Waals surface area contributed by atoms with E-state index in [1.807, 2.05) is 29.6 Å². The molecule has 0 unspecified atom stereocenters. The number of carbonyl (C=O) groups is 2. The van der Waals surface area contributed by atoms with E-state index in [0.717, 1.165) is 5.56 Å². The Labute approximate surface area is 188 Å². The summed E-state index contributed by atoms with van der Waals surface area (Å²) in [5, 5.41) is 8.09. The topological polar surface area (TPSA) is 71.3 Å². The predicted molar refractivity (Wildman–Crippen MR) is 126 cm³/mol. The summed E-state index contributed by atoms with van der Waals surface area (Å²) in [5.74, 6) is 0.738. The van der Waals surface area contributed by atoms with Crippen LogP contribution in [0, 0.1) is 0 Å². The molecule has 2 heterocycles. The van der Waals surface area contributed by atoms with E-state index < -0.39 is 0 Å². The smallest absolute Gasteiger partial charge is 0.265 e. The number of rotatable bonds is 6. The molecule has 4 aromatic rings. The first-order chi connectivity index (χ1) is 15.1. The Bertz CT molecular complexity index is 1230. The van der Waals surface area contributed by atoms with Crippen LogP contribution in [0.2, 0.25) is 5.02 Å². The number of thiophene rings is 1. The second kappa shape index (κ2) is 9.47. The molecule has 154 valence electrons. The predicted octanol–water partition coefficient (Wildman–Crippen LogP) is 6.57. The number of furan rings is 1. The second-order valence-electron chi connectivity index (χ2n) is 6.54. The van der Waals surface area contributed by atoms with Crippen molar-refractivity contribution in [3.63, 3.8) is 0 Å². The molecule has 0 aliphatic heterocycles. The maximum atomic E-state index is 12.3. The van der Waals surface area contributed by atoms with Gasteiger partial charge >= 0.3 is 0 Å². The number of carbonyl (C=O) groups excluding carboxylic acids is 2. The van der Waals surface area contributed by atoms with Crippen molar-refractivity contribution in [2.75, 3.05) is 10.6 Å². The standard InChI is InChI=1S/C24H17ClN2O3S/c25-17-8-6-16(7-9-17)21-12-10-20(30-21)11-13-23(28)26-18-3-1-4-19(15-18)27-24(29)22-5-2-14-31-22/h1-15H,(H,26,28)(H,27,29). The lowest BCUT2D eigenvalue weighted by atomic mass is 10.2. The quantitative estimate of drug-likeness (QED) is 0.328. The van der Waals surface area contributed by atoms with Crippen LogP contribution < -0.4 is 10.6 Å². The van der Waals surface area contributed by atoms with E-state index in [2.05, 4.69) is 10.6 Å². The molecular weight excluding hydrogens is 432 g/mol. The lowest BCUT2D eigenvalue weighted by Gasteiger charge is -2.07. The molecule has 0 aliphatic rings. The molecule has 0 aliphatic carbocycles. The number of anilines is 2. The minimum absolute atomic E-state index is 0.187. The van der Waals surface area contributed by atoms with E-state index in [9.17, 15) is 9.59 Å². The molecule has 0 atom stereocenters. The van der Waals surface area contributed by atoms with Crippen LogP contribution in [0.5, 0.6) is 0 Å². The van der Waals surface area contributed by atoms with Crippen LogP contribution in [0.25, 0.3) is 17.4 Å². The Morgan fingerprint density at radius 2 is 1.68 bits per heavy atom. The van der Waals surface area contributed by atoms with Gasteiger partial charge < -0.3 is 15.1 Å². The zero-order chi connectivity index (χ0) is 21.6. The summed E-state index contributed by atoms with van der Waals surface area (Å²) >= 11 is 7.27.